The lowest BCUT2D eigenvalue weighted by atomic mass is 9.96. The first kappa shape index (κ1) is 13.3. The summed E-state index contributed by atoms with van der Waals surface area (Å²) in [7, 11) is 0. The van der Waals surface area contributed by atoms with Crippen molar-refractivity contribution >= 4 is 11.5 Å². The van der Waals surface area contributed by atoms with Gasteiger partial charge in [-0.1, -0.05) is 6.07 Å². The molecule has 2 rings (SSSR count). The molecule has 0 aliphatic rings. The van der Waals surface area contributed by atoms with Crippen molar-refractivity contribution in [3.63, 3.8) is 0 Å². The summed E-state index contributed by atoms with van der Waals surface area (Å²) in [5, 5.41) is 0. The van der Waals surface area contributed by atoms with Crippen LogP contribution in [-0.4, -0.2) is 5.78 Å². The Morgan fingerprint density at radius 1 is 1.00 bits per heavy atom. The van der Waals surface area contributed by atoms with Gasteiger partial charge in [0.1, 0.15) is 5.82 Å². The van der Waals surface area contributed by atoms with Crippen molar-refractivity contribution in [2.75, 3.05) is 5.73 Å². The van der Waals surface area contributed by atoms with Crippen LogP contribution in [0.5, 0.6) is 0 Å². The lowest BCUT2D eigenvalue weighted by Crippen LogP contribution is -2.06. The second kappa shape index (κ2) is 4.84. The van der Waals surface area contributed by atoms with Gasteiger partial charge in [-0.25, -0.2) is 4.39 Å². The van der Waals surface area contributed by atoms with Gasteiger partial charge in [-0.15, -0.1) is 0 Å². The molecule has 0 heterocycles. The first-order valence-corrected chi connectivity index (χ1v) is 6.07. The number of benzene rings is 2. The van der Waals surface area contributed by atoms with Gasteiger partial charge in [0.25, 0.3) is 0 Å². The van der Waals surface area contributed by atoms with Crippen LogP contribution in [0.1, 0.15) is 32.6 Å². The first-order valence-electron chi connectivity index (χ1n) is 6.07. The molecule has 0 atom stereocenters. The molecule has 2 aromatic carbocycles. The van der Waals surface area contributed by atoms with Gasteiger partial charge < -0.3 is 5.73 Å². The quantitative estimate of drug-likeness (QED) is 0.660. The van der Waals surface area contributed by atoms with E-state index in [4.69, 9.17) is 5.73 Å². The normalized spacial score (nSPS) is 10.5. The van der Waals surface area contributed by atoms with Gasteiger partial charge in [0.05, 0.1) is 0 Å². The Morgan fingerprint density at radius 2 is 1.68 bits per heavy atom. The molecule has 3 heteroatoms. The summed E-state index contributed by atoms with van der Waals surface area (Å²) in [5.41, 5.74) is 9.76. The minimum Gasteiger partial charge on any atom is -0.398 e. The summed E-state index contributed by atoms with van der Waals surface area (Å²) in [6.07, 6.45) is 0. The van der Waals surface area contributed by atoms with Crippen molar-refractivity contribution in [1.82, 2.24) is 0 Å². The Balaban J connectivity index is 2.49. The number of anilines is 1. The Kier molecular flexibility index (Phi) is 3.38. The zero-order valence-electron chi connectivity index (χ0n) is 11.3. The summed E-state index contributed by atoms with van der Waals surface area (Å²) in [4.78, 5) is 12.4. The summed E-state index contributed by atoms with van der Waals surface area (Å²) in [6.45, 7) is 5.41. The van der Waals surface area contributed by atoms with Crippen LogP contribution in [0.2, 0.25) is 0 Å². The maximum atomic E-state index is 13.2. The number of halogens is 1. The fourth-order valence-corrected chi connectivity index (χ4v) is 2.06. The van der Waals surface area contributed by atoms with Gasteiger partial charge in [-0.2, -0.15) is 0 Å². The molecule has 2 nitrogen and oxygen atoms in total. The van der Waals surface area contributed by atoms with E-state index in [2.05, 4.69) is 0 Å². The highest BCUT2D eigenvalue weighted by atomic mass is 19.1. The third-order valence-electron chi connectivity index (χ3n) is 3.28. The lowest BCUT2D eigenvalue weighted by Gasteiger charge is -2.09. The molecule has 0 aromatic heterocycles. The molecular formula is C16H16FNO. The van der Waals surface area contributed by atoms with Crippen LogP contribution in [0.25, 0.3) is 0 Å². The maximum Gasteiger partial charge on any atom is 0.193 e. The Hall–Kier alpha value is -2.16. The zero-order chi connectivity index (χ0) is 14.2. The van der Waals surface area contributed by atoms with Gasteiger partial charge in [-0.3, -0.25) is 4.79 Å². The molecule has 0 amide bonds. The smallest absolute Gasteiger partial charge is 0.193 e. The fourth-order valence-electron chi connectivity index (χ4n) is 2.06. The molecule has 0 aliphatic carbocycles. The summed E-state index contributed by atoms with van der Waals surface area (Å²) < 4.78 is 13.2. The molecule has 0 saturated carbocycles. The molecular weight excluding hydrogens is 241 g/mol. The van der Waals surface area contributed by atoms with E-state index in [-0.39, 0.29) is 11.6 Å². The number of aryl methyl sites for hydroxylation is 3. The zero-order valence-corrected chi connectivity index (χ0v) is 11.3. The highest BCUT2D eigenvalue weighted by molar-refractivity contribution is 6.10. The minimum absolute atomic E-state index is 0.132. The van der Waals surface area contributed by atoms with Crippen LogP contribution in [0.4, 0.5) is 10.1 Å². The van der Waals surface area contributed by atoms with Crippen LogP contribution in [0.3, 0.4) is 0 Å². The molecule has 98 valence electrons. The summed E-state index contributed by atoms with van der Waals surface area (Å²) >= 11 is 0. The third-order valence-corrected chi connectivity index (χ3v) is 3.28. The average molecular weight is 257 g/mol. The van der Waals surface area contributed by atoms with Crippen molar-refractivity contribution in [2.45, 2.75) is 20.8 Å². The number of carbonyl (C=O) groups excluding carboxylic acids is 1. The van der Waals surface area contributed by atoms with E-state index in [1.54, 1.807) is 19.1 Å². The largest absolute Gasteiger partial charge is 0.398 e. The number of hydrogen-bond acceptors (Lipinski definition) is 2. The van der Waals surface area contributed by atoms with E-state index >= 15 is 0 Å². The predicted molar refractivity (Wildman–Crippen MR) is 74.9 cm³/mol. The highest BCUT2D eigenvalue weighted by Crippen LogP contribution is 2.21. The fraction of sp³-hybridized carbons (Fsp3) is 0.188. The summed E-state index contributed by atoms with van der Waals surface area (Å²) in [6, 6.07) is 7.95. The van der Waals surface area contributed by atoms with E-state index in [0.29, 0.717) is 22.4 Å². The monoisotopic (exact) mass is 257 g/mol. The van der Waals surface area contributed by atoms with E-state index in [9.17, 15) is 9.18 Å². The van der Waals surface area contributed by atoms with Crippen molar-refractivity contribution in [3.05, 3.63) is 64.0 Å². The van der Waals surface area contributed by atoms with Crippen molar-refractivity contribution in [3.8, 4) is 0 Å². The topological polar surface area (TPSA) is 43.1 Å². The molecule has 0 unspecified atom stereocenters. The van der Waals surface area contributed by atoms with Crippen molar-refractivity contribution in [1.29, 1.82) is 0 Å². The van der Waals surface area contributed by atoms with E-state index in [1.165, 1.54) is 12.1 Å². The standard InChI is InChI=1S/C16H16FNO/c1-9-6-11(3)15(18)8-13(9)16(19)12-4-5-14(17)10(2)7-12/h4-8H,18H2,1-3H3. The number of rotatable bonds is 2. The maximum absolute atomic E-state index is 13.2. The SMILES string of the molecule is Cc1cc(C)c(C(=O)c2ccc(F)c(C)c2)cc1N. The summed E-state index contributed by atoms with van der Waals surface area (Å²) in [5.74, 6) is -0.441. The van der Waals surface area contributed by atoms with Crippen LogP contribution >= 0.6 is 0 Å². The predicted octanol–water partition coefficient (Wildman–Crippen LogP) is 3.56. The highest BCUT2D eigenvalue weighted by Gasteiger charge is 2.14. The second-order valence-corrected chi connectivity index (χ2v) is 4.82. The molecule has 0 aliphatic heterocycles. The number of hydrogen-bond donors (Lipinski definition) is 1. The van der Waals surface area contributed by atoms with Gasteiger partial charge in [-0.05, 0) is 61.7 Å². The van der Waals surface area contributed by atoms with E-state index in [0.717, 1.165) is 11.1 Å². The molecule has 2 N–H and O–H groups in total. The molecule has 0 fully saturated rings. The van der Waals surface area contributed by atoms with Gasteiger partial charge >= 0.3 is 0 Å². The van der Waals surface area contributed by atoms with E-state index < -0.39 is 0 Å². The Morgan fingerprint density at radius 3 is 2.32 bits per heavy atom. The molecule has 0 spiro atoms. The third kappa shape index (κ3) is 2.50. The second-order valence-electron chi connectivity index (χ2n) is 4.82. The molecule has 0 bridgehead atoms. The lowest BCUT2D eigenvalue weighted by molar-refractivity contribution is 0.103. The Labute approximate surface area is 112 Å². The molecule has 0 saturated heterocycles. The minimum atomic E-state index is -0.309. The van der Waals surface area contributed by atoms with Crippen molar-refractivity contribution < 1.29 is 9.18 Å². The van der Waals surface area contributed by atoms with Crippen LogP contribution in [0.15, 0.2) is 30.3 Å². The number of ketones is 1. The van der Waals surface area contributed by atoms with Gasteiger partial charge in [0.15, 0.2) is 5.78 Å². The van der Waals surface area contributed by atoms with Gasteiger partial charge in [0, 0.05) is 16.8 Å². The molecule has 19 heavy (non-hydrogen) atoms. The molecule has 2 aromatic rings. The van der Waals surface area contributed by atoms with Gasteiger partial charge in [0.2, 0.25) is 0 Å². The first-order chi connectivity index (χ1) is 8.90. The van der Waals surface area contributed by atoms with Crippen LogP contribution < -0.4 is 5.73 Å². The van der Waals surface area contributed by atoms with Crippen LogP contribution in [0, 0.1) is 26.6 Å². The van der Waals surface area contributed by atoms with Crippen LogP contribution in [-0.2, 0) is 0 Å². The van der Waals surface area contributed by atoms with Crippen molar-refractivity contribution in [2.24, 2.45) is 0 Å². The molecule has 0 radical (unpaired) electrons. The van der Waals surface area contributed by atoms with E-state index in [1.807, 2.05) is 19.9 Å². The number of carbonyl (C=O) groups is 1. The number of nitrogen functional groups attached to an aromatic ring is 1. The number of nitrogens with two attached hydrogens (primary N) is 1. The average Bonchev–Trinajstić information content (AvgIpc) is 2.36. The Bertz CT molecular complexity index is 662.